The van der Waals surface area contributed by atoms with Crippen LogP contribution in [-0.2, 0) is 11.2 Å². The molecule has 0 saturated carbocycles. The fraction of sp³-hybridized carbons (Fsp3) is 0.200. The van der Waals surface area contributed by atoms with Crippen LogP contribution in [0.15, 0.2) is 22.7 Å². The van der Waals surface area contributed by atoms with Crippen LogP contribution in [0.1, 0.15) is 18.1 Å². The molecule has 0 aromatic heterocycles. The van der Waals surface area contributed by atoms with Crippen molar-refractivity contribution in [3.63, 3.8) is 0 Å². The molecule has 0 amide bonds. The van der Waals surface area contributed by atoms with E-state index >= 15 is 0 Å². The third-order valence-corrected chi connectivity index (χ3v) is 2.26. The van der Waals surface area contributed by atoms with Crippen LogP contribution in [0.3, 0.4) is 0 Å². The van der Waals surface area contributed by atoms with Gasteiger partial charge in [0.2, 0.25) is 0 Å². The van der Waals surface area contributed by atoms with Gasteiger partial charge in [-0.05, 0) is 40.5 Å². The van der Waals surface area contributed by atoms with E-state index < -0.39 is 0 Å². The normalized spacial score (nSPS) is 9.31. The summed E-state index contributed by atoms with van der Waals surface area (Å²) >= 11 is 3.26. The van der Waals surface area contributed by atoms with Crippen LogP contribution in [0.5, 0.6) is 0 Å². The van der Waals surface area contributed by atoms with Gasteiger partial charge in [-0.2, -0.15) is 5.26 Å². The standard InChI is InChI=1S/C10H8BrNO/c1-7(13)4-8-2-3-9(6-12)10(11)5-8/h2-3,5H,4H2,1H3. The number of halogens is 1. The fourth-order valence-electron chi connectivity index (χ4n) is 1.05. The smallest absolute Gasteiger partial charge is 0.134 e. The molecule has 0 fully saturated rings. The minimum absolute atomic E-state index is 0.122. The molecule has 0 saturated heterocycles. The lowest BCUT2D eigenvalue weighted by Gasteiger charge is -1.99. The second kappa shape index (κ2) is 4.20. The molecule has 0 aliphatic rings. The lowest BCUT2D eigenvalue weighted by Crippen LogP contribution is -1.96. The summed E-state index contributed by atoms with van der Waals surface area (Å²) in [6.45, 7) is 1.55. The number of nitrogens with zero attached hydrogens (tertiary/aromatic N) is 1. The molecule has 66 valence electrons. The number of hydrogen-bond acceptors (Lipinski definition) is 2. The summed E-state index contributed by atoms with van der Waals surface area (Å²) in [6.07, 6.45) is 0.421. The second-order valence-corrected chi connectivity index (χ2v) is 3.66. The molecular weight excluding hydrogens is 230 g/mol. The molecule has 1 rings (SSSR count). The largest absolute Gasteiger partial charge is 0.300 e. The lowest BCUT2D eigenvalue weighted by molar-refractivity contribution is -0.116. The van der Waals surface area contributed by atoms with Crippen molar-refractivity contribution >= 4 is 21.7 Å². The fourth-order valence-corrected chi connectivity index (χ4v) is 1.56. The molecule has 0 spiro atoms. The molecule has 2 nitrogen and oxygen atoms in total. The van der Waals surface area contributed by atoms with Gasteiger partial charge in [0.15, 0.2) is 0 Å². The van der Waals surface area contributed by atoms with Gasteiger partial charge >= 0.3 is 0 Å². The Morgan fingerprint density at radius 1 is 1.62 bits per heavy atom. The van der Waals surface area contributed by atoms with Crippen LogP contribution in [0, 0.1) is 11.3 Å². The molecule has 0 heterocycles. The first kappa shape index (κ1) is 9.94. The number of nitriles is 1. The number of carbonyl (C=O) groups excluding carboxylic acids is 1. The summed E-state index contributed by atoms with van der Waals surface area (Å²) in [4.78, 5) is 10.8. The molecule has 13 heavy (non-hydrogen) atoms. The second-order valence-electron chi connectivity index (χ2n) is 2.80. The summed E-state index contributed by atoms with van der Waals surface area (Å²) < 4.78 is 0.744. The van der Waals surface area contributed by atoms with Crippen molar-refractivity contribution in [1.29, 1.82) is 5.26 Å². The molecule has 0 aliphatic heterocycles. The Balaban J connectivity index is 2.97. The number of ketones is 1. The highest BCUT2D eigenvalue weighted by molar-refractivity contribution is 9.10. The minimum Gasteiger partial charge on any atom is -0.300 e. The summed E-state index contributed by atoms with van der Waals surface area (Å²) in [5.74, 6) is 0.122. The Morgan fingerprint density at radius 3 is 2.77 bits per heavy atom. The average Bonchev–Trinajstić information content (AvgIpc) is 2.03. The topological polar surface area (TPSA) is 40.9 Å². The average molecular weight is 238 g/mol. The van der Waals surface area contributed by atoms with E-state index in [-0.39, 0.29) is 5.78 Å². The zero-order chi connectivity index (χ0) is 9.84. The summed E-state index contributed by atoms with van der Waals surface area (Å²) in [5, 5.41) is 8.64. The maximum absolute atomic E-state index is 10.8. The van der Waals surface area contributed by atoms with Gasteiger partial charge in [0.05, 0.1) is 5.56 Å². The Hall–Kier alpha value is -1.14. The van der Waals surface area contributed by atoms with E-state index in [9.17, 15) is 4.79 Å². The zero-order valence-corrected chi connectivity index (χ0v) is 8.76. The Morgan fingerprint density at radius 2 is 2.31 bits per heavy atom. The van der Waals surface area contributed by atoms with E-state index in [1.807, 2.05) is 6.07 Å². The van der Waals surface area contributed by atoms with Gasteiger partial charge in [-0.15, -0.1) is 0 Å². The molecule has 1 aromatic rings. The predicted molar refractivity (Wildman–Crippen MR) is 53.2 cm³/mol. The van der Waals surface area contributed by atoms with Crippen molar-refractivity contribution in [2.45, 2.75) is 13.3 Å². The molecule has 0 aliphatic carbocycles. The third kappa shape index (κ3) is 2.67. The highest BCUT2D eigenvalue weighted by atomic mass is 79.9. The summed E-state index contributed by atoms with van der Waals surface area (Å²) in [7, 11) is 0. The molecular formula is C10H8BrNO. The van der Waals surface area contributed by atoms with Crippen LogP contribution in [-0.4, -0.2) is 5.78 Å². The van der Waals surface area contributed by atoms with Gasteiger partial charge < -0.3 is 0 Å². The van der Waals surface area contributed by atoms with Crippen LogP contribution in [0.4, 0.5) is 0 Å². The molecule has 1 aromatic carbocycles. The molecule has 0 unspecified atom stereocenters. The van der Waals surface area contributed by atoms with Crippen molar-refractivity contribution in [1.82, 2.24) is 0 Å². The number of benzene rings is 1. The first-order chi connectivity index (χ1) is 6.13. The van der Waals surface area contributed by atoms with E-state index in [0.717, 1.165) is 10.0 Å². The van der Waals surface area contributed by atoms with E-state index in [4.69, 9.17) is 5.26 Å². The molecule has 0 bridgehead atoms. The molecule has 0 radical (unpaired) electrons. The Kier molecular flexibility index (Phi) is 3.21. The van der Waals surface area contributed by atoms with Gasteiger partial charge in [0, 0.05) is 10.9 Å². The van der Waals surface area contributed by atoms with E-state index in [2.05, 4.69) is 15.9 Å². The van der Waals surface area contributed by atoms with Gasteiger partial charge in [-0.1, -0.05) is 6.07 Å². The zero-order valence-electron chi connectivity index (χ0n) is 7.17. The first-order valence-electron chi connectivity index (χ1n) is 3.81. The van der Waals surface area contributed by atoms with Crippen LogP contribution in [0.25, 0.3) is 0 Å². The van der Waals surface area contributed by atoms with Crippen molar-refractivity contribution < 1.29 is 4.79 Å². The number of carbonyl (C=O) groups is 1. The van der Waals surface area contributed by atoms with Gasteiger partial charge in [-0.3, -0.25) is 4.79 Å². The van der Waals surface area contributed by atoms with Gasteiger partial charge in [0.1, 0.15) is 11.9 Å². The Labute approximate surface area is 85.3 Å². The quantitative estimate of drug-likeness (QED) is 0.793. The first-order valence-corrected chi connectivity index (χ1v) is 4.60. The molecule has 0 N–H and O–H groups in total. The van der Waals surface area contributed by atoms with Crippen LogP contribution >= 0.6 is 15.9 Å². The summed E-state index contributed by atoms with van der Waals surface area (Å²) in [5.41, 5.74) is 1.52. The van der Waals surface area contributed by atoms with Crippen molar-refractivity contribution in [2.24, 2.45) is 0 Å². The monoisotopic (exact) mass is 237 g/mol. The van der Waals surface area contributed by atoms with Crippen molar-refractivity contribution in [2.75, 3.05) is 0 Å². The van der Waals surface area contributed by atoms with Crippen LogP contribution < -0.4 is 0 Å². The maximum atomic E-state index is 10.8. The van der Waals surface area contributed by atoms with Gasteiger partial charge in [-0.25, -0.2) is 0 Å². The van der Waals surface area contributed by atoms with E-state index in [1.54, 1.807) is 25.1 Å². The van der Waals surface area contributed by atoms with E-state index in [0.29, 0.717) is 12.0 Å². The minimum atomic E-state index is 0.122. The maximum Gasteiger partial charge on any atom is 0.134 e. The predicted octanol–water partition coefficient (Wildman–Crippen LogP) is 2.45. The third-order valence-electron chi connectivity index (χ3n) is 1.61. The highest BCUT2D eigenvalue weighted by Gasteiger charge is 2.02. The molecule has 3 heteroatoms. The van der Waals surface area contributed by atoms with E-state index in [1.165, 1.54) is 0 Å². The van der Waals surface area contributed by atoms with Crippen molar-refractivity contribution in [3.05, 3.63) is 33.8 Å². The van der Waals surface area contributed by atoms with Gasteiger partial charge in [0.25, 0.3) is 0 Å². The highest BCUT2D eigenvalue weighted by Crippen LogP contribution is 2.17. The SMILES string of the molecule is CC(=O)Cc1ccc(C#N)c(Br)c1. The number of Topliss-reactive ketones (excluding diaryl/α,β-unsaturated/α-hetero) is 1. The van der Waals surface area contributed by atoms with Crippen LogP contribution in [0.2, 0.25) is 0 Å². The number of hydrogen-bond donors (Lipinski definition) is 0. The lowest BCUT2D eigenvalue weighted by atomic mass is 10.1. The Bertz CT molecular complexity index is 379. The number of rotatable bonds is 2. The molecule has 0 atom stereocenters. The summed E-state index contributed by atoms with van der Waals surface area (Å²) in [6, 6.07) is 7.36. The van der Waals surface area contributed by atoms with Crippen molar-refractivity contribution in [3.8, 4) is 6.07 Å².